The number of piperazine rings is 1. The number of aliphatic hydroxyl groups excluding tert-OH is 1. The third-order valence-corrected chi connectivity index (χ3v) is 6.02. The molecule has 2 aromatic rings. The first-order valence-corrected chi connectivity index (χ1v) is 10.7. The minimum Gasteiger partial charge on any atom is -0.387 e. The lowest BCUT2D eigenvalue weighted by Crippen LogP contribution is -2.47. The summed E-state index contributed by atoms with van der Waals surface area (Å²) >= 11 is 0. The van der Waals surface area contributed by atoms with Gasteiger partial charge >= 0.3 is 0 Å². The number of hydrogen-bond acceptors (Lipinski definition) is 5. The van der Waals surface area contributed by atoms with Gasteiger partial charge in [0.2, 0.25) is 0 Å². The molecule has 0 bridgehead atoms. The number of hydrogen-bond donors (Lipinski definition) is 1. The number of nitrogens with zero attached hydrogens (tertiary/aromatic N) is 2. The molecule has 1 fully saturated rings. The summed E-state index contributed by atoms with van der Waals surface area (Å²) < 4.78 is 23.0. The Morgan fingerprint density at radius 1 is 0.962 bits per heavy atom. The summed E-state index contributed by atoms with van der Waals surface area (Å²) in [5, 5.41) is 10.5. The van der Waals surface area contributed by atoms with Crippen LogP contribution in [0.2, 0.25) is 0 Å². The fourth-order valence-corrected chi connectivity index (χ4v) is 3.86. The number of rotatable bonds is 5. The molecule has 2 aromatic carbocycles. The fourth-order valence-electron chi connectivity index (χ4n) is 3.23. The Hall–Kier alpha value is -1.89. The molecule has 1 aliphatic heterocycles. The Kier molecular flexibility index (Phi) is 5.65. The minimum absolute atomic E-state index is 0.278. The summed E-state index contributed by atoms with van der Waals surface area (Å²) in [6.07, 6.45) is 0.570. The van der Waals surface area contributed by atoms with Gasteiger partial charge in [-0.3, -0.25) is 4.90 Å². The highest BCUT2D eigenvalue weighted by Gasteiger charge is 2.20. The smallest absolute Gasteiger partial charge is 0.175 e. The summed E-state index contributed by atoms with van der Waals surface area (Å²) in [6.45, 7) is 6.30. The van der Waals surface area contributed by atoms with Crippen molar-refractivity contribution in [1.82, 2.24) is 4.90 Å². The van der Waals surface area contributed by atoms with E-state index in [0.717, 1.165) is 31.7 Å². The van der Waals surface area contributed by atoms with Crippen LogP contribution in [-0.2, 0) is 9.84 Å². The molecular formula is C20H26N2O3S. The predicted octanol–water partition coefficient (Wildman–Crippen LogP) is 2.25. The van der Waals surface area contributed by atoms with E-state index in [1.807, 2.05) is 0 Å². The van der Waals surface area contributed by atoms with E-state index >= 15 is 0 Å². The molecule has 0 amide bonds. The molecule has 1 N–H and O–H groups in total. The van der Waals surface area contributed by atoms with Crippen molar-refractivity contribution < 1.29 is 13.5 Å². The number of anilines is 1. The van der Waals surface area contributed by atoms with Crippen molar-refractivity contribution in [2.24, 2.45) is 0 Å². The van der Waals surface area contributed by atoms with Gasteiger partial charge in [-0.2, -0.15) is 0 Å². The SMILES string of the molecule is Cc1ccc(N2CCN(CC(O)c3ccc(S(C)(=O)=O)cc3)CC2)cc1. The molecule has 140 valence electrons. The highest BCUT2D eigenvalue weighted by molar-refractivity contribution is 7.90. The van der Waals surface area contributed by atoms with E-state index in [4.69, 9.17) is 0 Å². The van der Waals surface area contributed by atoms with Crippen LogP contribution < -0.4 is 4.90 Å². The number of sulfone groups is 1. The average Bonchev–Trinajstić information content (AvgIpc) is 2.62. The molecule has 1 saturated heterocycles. The summed E-state index contributed by atoms with van der Waals surface area (Å²) in [5.74, 6) is 0. The van der Waals surface area contributed by atoms with Gasteiger partial charge in [0.05, 0.1) is 11.0 Å². The Labute approximate surface area is 155 Å². The second-order valence-electron chi connectivity index (χ2n) is 6.98. The van der Waals surface area contributed by atoms with Crippen LogP contribution in [-0.4, -0.2) is 57.4 Å². The largest absolute Gasteiger partial charge is 0.387 e. The van der Waals surface area contributed by atoms with Gasteiger partial charge in [0.1, 0.15) is 0 Å². The normalized spacial score (nSPS) is 17.3. The van der Waals surface area contributed by atoms with Crippen molar-refractivity contribution in [3.8, 4) is 0 Å². The standard InChI is InChI=1S/C20H26N2O3S/c1-16-3-7-18(8-4-16)22-13-11-21(12-14-22)15-20(23)17-5-9-19(10-6-17)26(2,24)25/h3-10,20,23H,11-15H2,1-2H3. The van der Waals surface area contributed by atoms with Crippen LogP contribution in [0.1, 0.15) is 17.2 Å². The van der Waals surface area contributed by atoms with E-state index in [1.54, 1.807) is 24.3 Å². The van der Waals surface area contributed by atoms with Crippen LogP contribution in [0.15, 0.2) is 53.4 Å². The highest BCUT2D eigenvalue weighted by Crippen LogP contribution is 2.20. The summed E-state index contributed by atoms with van der Waals surface area (Å²) in [4.78, 5) is 4.89. The lowest BCUT2D eigenvalue weighted by Gasteiger charge is -2.37. The van der Waals surface area contributed by atoms with Crippen molar-refractivity contribution in [3.63, 3.8) is 0 Å². The molecule has 0 aliphatic carbocycles. The fraction of sp³-hybridized carbons (Fsp3) is 0.400. The van der Waals surface area contributed by atoms with Gasteiger partial charge in [0, 0.05) is 44.7 Å². The van der Waals surface area contributed by atoms with Crippen molar-refractivity contribution in [1.29, 1.82) is 0 Å². The quantitative estimate of drug-likeness (QED) is 0.870. The second-order valence-corrected chi connectivity index (χ2v) is 9.00. The van der Waals surface area contributed by atoms with Crippen molar-refractivity contribution in [3.05, 3.63) is 59.7 Å². The highest BCUT2D eigenvalue weighted by atomic mass is 32.2. The first-order chi connectivity index (χ1) is 12.3. The zero-order chi connectivity index (χ0) is 18.7. The Morgan fingerprint density at radius 2 is 1.54 bits per heavy atom. The Balaban J connectivity index is 1.54. The third-order valence-electron chi connectivity index (χ3n) is 4.90. The first kappa shape index (κ1) is 18.9. The lowest BCUT2D eigenvalue weighted by molar-refractivity contribution is 0.109. The molecule has 1 aliphatic rings. The lowest BCUT2D eigenvalue weighted by atomic mass is 10.1. The molecule has 0 aromatic heterocycles. The van der Waals surface area contributed by atoms with Crippen molar-refractivity contribution in [2.75, 3.05) is 43.9 Å². The number of β-amino-alcohol motifs (C(OH)–C–C–N with tert-alkyl or cyclic N) is 1. The molecule has 6 heteroatoms. The van der Waals surface area contributed by atoms with Crippen molar-refractivity contribution in [2.45, 2.75) is 17.9 Å². The van der Waals surface area contributed by atoms with E-state index in [1.165, 1.54) is 17.5 Å². The molecular weight excluding hydrogens is 348 g/mol. The Bertz CT molecular complexity index is 824. The minimum atomic E-state index is -3.21. The predicted molar refractivity (Wildman–Crippen MR) is 104 cm³/mol. The number of aliphatic hydroxyl groups is 1. The molecule has 0 saturated carbocycles. The second kappa shape index (κ2) is 7.78. The van der Waals surface area contributed by atoms with Crippen LogP contribution in [0.3, 0.4) is 0 Å². The monoisotopic (exact) mass is 374 g/mol. The van der Waals surface area contributed by atoms with Crippen LogP contribution in [0, 0.1) is 6.92 Å². The van der Waals surface area contributed by atoms with Gasteiger partial charge in [-0.05, 0) is 36.8 Å². The van der Waals surface area contributed by atoms with Gasteiger partial charge in [0.15, 0.2) is 9.84 Å². The van der Waals surface area contributed by atoms with Crippen LogP contribution in [0.5, 0.6) is 0 Å². The van der Waals surface area contributed by atoms with Gasteiger partial charge in [-0.25, -0.2) is 8.42 Å². The summed E-state index contributed by atoms with van der Waals surface area (Å²) in [5.41, 5.74) is 3.25. The molecule has 3 rings (SSSR count). The van der Waals surface area contributed by atoms with E-state index in [0.29, 0.717) is 6.54 Å². The van der Waals surface area contributed by atoms with E-state index in [9.17, 15) is 13.5 Å². The van der Waals surface area contributed by atoms with Gasteiger partial charge in [-0.1, -0.05) is 29.8 Å². The van der Waals surface area contributed by atoms with E-state index < -0.39 is 15.9 Å². The van der Waals surface area contributed by atoms with E-state index in [2.05, 4.69) is 41.0 Å². The maximum atomic E-state index is 11.5. The number of benzene rings is 2. The molecule has 1 heterocycles. The Morgan fingerprint density at radius 3 is 2.08 bits per heavy atom. The summed E-state index contributed by atoms with van der Waals surface area (Å²) in [6, 6.07) is 15.1. The van der Waals surface area contributed by atoms with Crippen LogP contribution >= 0.6 is 0 Å². The molecule has 0 radical (unpaired) electrons. The molecule has 5 nitrogen and oxygen atoms in total. The van der Waals surface area contributed by atoms with Gasteiger partial charge in [0.25, 0.3) is 0 Å². The maximum absolute atomic E-state index is 11.5. The topological polar surface area (TPSA) is 60.9 Å². The molecule has 1 atom stereocenters. The summed E-state index contributed by atoms with van der Waals surface area (Å²) in [7, 11) is -3.21. The van der Waals surface area contributed by atoms with E-state index in [-0.39, 0.29) is 4.90 Å². The average molecular weight is 375 g/mol. The van der Waals surface area contributed by atoms with Crippen LogP contribution in [0.25, 0.3) is 0 Å². The van der Waals surface area contributed by atoms with Gasteiger partial charge in [-0.15, -0.1) is 0 Å². The molecule has 26 heavy (non-hydrogen) atoms. The third kappa shape index (κ3) is 4.63. The maximum Gasteiger partial charge on any atom is 0.175 e. The number of aryl methyl sites for hydroxylation is 1. The van der Waals surface area contributed by atoms with Crippen molar-refractivity contribution >= 4 is 15.5 Å². The molecule has 0 spiro atoms. The van der Waals surface area contributed by atoms with Gasteiger partial charge < -0.3 is 10.0 Å². The zero-order valence-corrected chi connectivity index (χ0v) is 16.1. The first-order valence-electron chi connectivity index (χ1n) is 8.85. The van der Waals surface area contributed by atoms with Crippen LogP contribution in [0.4, 0.5) is 5.69 Å². The zero-order valence-electron chi connectivity index (χ0n) is 15.3. The molecule has 1 unspecified atom stereocenters.